The summed E-state index contributed by atoms with van der Waals surface area (Å²) >= 11 is 0. The van der Waals surface area contributed by atoms with Crippen LogP contribution < -0.4 is 5.32 Å². The molecule has 0 bridgehead atoms. The standard InChI is InChI=1S/C9H9N5O3/c15-5(1-2-6(16)17)14-9-7-8(11-3-10-7)12-4-13-9/h3-4H,1-2H2,(H,16,17)(H2,10,11,12,13,14,15). The highest BCUT2D eigenvalue weighted by Gasteiger charge is 2.10. The molecule has 2 rings (SSSR count). The van der Waals surface area contributed by atoms with Crippen molar-refractivity contribution in [1.82, 2.24) is 19.9 Å². The first-order valence-electron chi connectivity index (χ1n) is 4.82. The first kappa shape index (κ1) is 11.0. The van der Waals surface area contributed by atoms with Crippen LogP contribution in [0.25, 0.3) is 11.2 Å². The Labute approximate surface area is 95.1 Å². The second kappa shape index (κ2) is 4.56. The number of anilines is 1. The number of hydrogen-bond acceptors (Lipinski definition) is 5. The molecule has 8 heteroatoms. The fourth-order valence-corrected chi connectivity index (χ4v) is 1.27. The topological polar surface area (TPSA) is 121 Å². The number of aromatic nitrogens is 4. The van der Waals surface area contributed by atoms with Gasteiger partial charge in [-0.1, -0.05) is 0 Å². The molecule has 0 aliphatic rings. The molecular weight excluding hydrogens is 226 g/mol. The molecule has 1 amide bonds. The zero-order valence-corrected chi connectivity index (χ0v) is 8.67. The predicted octanol–water partition coefficient (Wildman–Crippen LogP) is 0.156. The Balaban J connectivity index is 2.10. The summed E-state index contributed by atoms with van der Waals surface area (Å²) in [6.45, 7) is 0. The fraction of sp³-hybridized carbons (Fsp3) is 0.222. The number of amides is 1. The van der Waals surface area contributed by atoms with Gasteiger partial charge in [0.25, 0.3) is 0 Å². The minimum absolute atomic E-state index is 0.102. The Hall–Kier alpha value is -2.51. The quantitative estimate of drug-likeness (QED) is 0.693. The SMILES string of the molecule is O=C(O)CCC(=O)Nc1ncnc2nc[nH]c12. The molecule has 2 aromatic rings. The van der Waals surface area contributed by atoms with Gasteiger partial charge in [0, 0.05) is 6.42 Å². The van der Waals surface area contributed by atoms with Crippen molar-refractivity contribution in [3.63, 3.8) is 0 Å². The monoisotopic (exact) mass is 235 g/mol. The van der Waals surface area contributed by atoms with Gasteiger partial charge in [-0.25, -0.2) is 15.0 Å². The molecule has 0 aliphatic heterocycles. The molecule has 88 valence electrons. The molecule has 8 nitrogen and oxygen atoms in total. The van der Waals surface area contributed by atoms with Gasteiger partial charge < -0.3 is 15.4 Å². The van der Waals surface area contributed by atoms with Gasteiger partial charge in [-0.05, 0) is 0 Å². The summed E-state index contributed by atoms with van der Waals surface area (Å²) in [5.74, 6) is -1.14. The summed E-state index contributed by atoms with van der Waals surface area (Å²) in [5, 5.41) is 10.9. The van der Waals surface area contributed by atoms with E-state index in [1.165, 1.54) is 12.7 Å². The molecule has 0 radical (unpaired) electrons. The summed E-state index contributed by atoms with van der Waals surface area (Å²) in [7, 11) is 0. The van der Waals surface area contributed by atoms with Crippen LogP contribution in [0, 0.1) is 0 Å². The van der Waals surface area contributed by atoms with Crippen LogP contribution in [0.2, 0.25) is 0 Å². The van der Waals surface area contributed by atoms with Gasteiger partial charge in [0.05, 0.1) is 12.7 Å². The lowest BCUT2D eigenvalue weighted by atomic mass is 10.3. The molecule has 0 fully saturated rings. The molecule has 0 atom stereocenters. The third-order valence-corrected chi connectivity index (χ3v) is 2.05. The van der Waals surface area contributed by atoms with Gasteiger partial charge in [0.1, 0.15) is 11.8 Å². The normalized spacial score (nSPS) is 10.4. The highest BCUT2D eigenvalue weighted by Crippen LogP contribution is 2.14. The number of imidazole rings is 1. The summed E-state index contributed by atoms with van der Waals surface area (Å²) in [5.41, 5.74) is 0.949. The zero-order valence-electron chi connectivity index (χ0n) is 8.67. The summed E-state index contributed by atoms with van der Waals surface area (Å²) in [4.78, 5) is 36.2. The maximum Gasteiger partial charge on any atom is 0.303 e. The Kier molecular flexibility index (Phi) is 2.95. The van der Waals surface area contributed by atoms with Gasteiger partial charge in [-0.15, -0.1) is 0 Å². The second-order valence-corrected chi connectivity index (χ2v) is 3.27. The highest BCUT2D eigenvalue weighted by atomic mass is 16.4. The van der Waals surface area contributed by atoms with Crippen molar-refractivity contribution >= 4 is 28.9 Å². The van der Waals surface area contributed by atoms with E-state index in [1.54, 1.807) is 0 Å². The van der Waals surface area contributed by atoms with Crippen LogP contribution in [0.1, 0.15) is 12.8 Å². The number of nitrogens with zero attached hydrogens (tertiary/aromatic N) is 3. The minimum atomic E-state index is -1.02. The Morgan fingerprint density at radius 1 is 1.29 bits per heavy atom. The number of H-pyrrole nitrogens is 1. The van der Waals surface area contributed by atoms with E-state index < -0.39 is 11.9 Å². The van der Waals surface area contributed by atoms with E-state index in [4.69, 9.17) is 5.11 Å². The molecular formula is C9H9N5O3. The number of fused-ring (bicyclic) bond motifs is 1. The largest absolute Gasteiger partial charge is 0.481 e. The summed E-state index contributed by atoms with van der Waals surface area (Å²) in [6.07, 6.45) is 2.39. The lowest BCUT2D eigenvalue weighted by molar-refractivity contribution is -0.138. The Bertz CT molecular complexity index is 565. The molecule has 0 saturated heterocycles. The average Bonchev–Trinajstić information content (AvgIpc) is 2.75. The van der Waals surface area contributed by atoms with E-state index in [1.807, 2.05) is 0 Å². The number of rotatable bonds is 4. The van der Waals surface area contributed by atoms with Crippen molar-refractivity contribution in [2.75, 3.05) is 5.32 Å². The van der Waals surface area contributed by atoms with Crippen molar-refractivity contribution in [3.05, 3.63) is 12.7 Å². The minimum Gasteiger partial charge on any atom is -0.481 e. The summed E-state index contributed by atoms with van der Waals surface area (Å²) in [6, 6.07) is 0. The number of aliphatic carboxylic acids is 1. The first-order chi connectivity index (χ1) is 8.16. The molecule has 0 saturated carbocycles. The number of carboxylic acids is 1. The van der Waals surface area contributed by atoms with Crippen LogP contribution in [0.4, 0.5) is 5.82 Å². The van der Waals surface area contributed by atoms with Gasteiger partial charge >= 0.3 is 5.97 Å². The Morgan fingerprint density at radius 3 is 2.88 bits per heavy atom. The average molecular weight is 235 g/mol. The maximum atomic E-state index is 11.4. The van der Waals surface area contributed by atoms with E-state index in [0.29, 0.717) is 17.0 Å². The molecule has 0 aromatic carbocycles. The van der Waals surface area contributed by atoms with Crippen LogP contribution in [-0.2, 0) is 9.59 Å². The number of carbonyl (C=O) groups excluding carboxylic acids is 1. The smallest absolute Gasteiger partial charge is 0.303 e. The van der Waals surface area contributed by atoms with Crippen LogP contribution in [0.15, 0.2) is 12.7 Å². The summed E-state index contributed by atoms with van der Waals surface area (Å²) < 4.78 is 0. The number of aromatic amines is 1. The third-order valence-electron chi connectivity index (χ3n) is 2.05. The van der Waals surface area contributed by atoms with Crippen molar-refractivity contribution < 1.29 is 14.7 Å². The molecule has 0 unspecified atom stereocenters. The van der Waals surface area contributed by atoms with Gasteiger partial charge in [0.15, 0.2) is 11.5 Å². The lowest BCUT2D eigenvalue weighted by Gasteiger charge is -2.03. The van der Waals surface area contributed by atoms with E-state index in [9.17, 15) is 9.59 Å². The molecule has 17 heavy (non-hydrogen) atoms. The number of carbonyl (C=O) groups is 2. The third kappa shape index (κ3) is 2.54. The predicted molar refractivity (Wildman–Crippen MR) is 57.2 cm³/mol. The first-order valence-corrected chi connectivity index (χ1v) is 4.82. The fourth-order valence-electron chi connectivity index (χ4n) is 1.27. The van der Waals surface area contributed by atoms with Crippen molar-refractivity contribution in [1.29, 1.82) is 0 Å². The van der Waals surface area contributed by atoms with Crippen molar-refractivity contribution in [3.8, 4) is 0 Å². The van der Waals surface area contributed by atoms with Crippen LogP contribution in [-0.4, -0.2) is 36.9 Å². The van der Waals surface area contributed by atoms with Gasteiger partial charge in [-0.2, -0.15) is 0 Å². The molecule has 3 N–H and O–H groups in total. The van der Waals surface area contributed by atoms with Crippen molar-refractivity contribution in [2.24, 2.45) is 0 Å². The maximum absolute atomic E-state index is 11.4. The lowest BCUT2D eigenvalue weighted by Crippen LogP contribution is -2.14. The van der Waals surface area contributed by atoms with E-state index in [0.717, 1.165) is 0 Å². The van der Waals surface area contributed by atoms with E-state index >= 15 is 0 Å². The molecule has 2 aromatic heterocycles. The number of carboxylic acid groups (broad SMARTS) is 1. The zero-order chi connectivity index (χ0) is 12.3. The second-order valence-electron chi connectivity index (χ2n) is 3.27. The molecule has 0 spiro atoms. The molecule has 2 heterocycles. The Morgan fingerprint density at radius 2 is 2.12 bits per heavy atom. The van der Waals surface area contributed by atoms with E-state index in [2.05, 4.69) is 25.3 Å². The van der Waals surface area contributed by atoms with E-state index in [-0.39, 0.29) is 12.8 Å². The highest BCUT2D eigenvalue weighted by molar-refractivity contribution is 5.97. The number of nitrogens with one attached hydrogen (secondary N) is 2. The van der Waals surface area contributed by atoms with Crippen LogP contribution in [0.3, 0.4) is 0 Å². The van der Waals surface area contributed by atoms with Gasteiger partial charge in [0.2, 0.25) is 5.91 Å². The van der Waals surface area contributed by atoms with Gasteiger partial charge in [-0.3, -0.25) is 9.59 Å². The molecule has 0 aliphatic carbocycles. The van der Waals surface area contributed by atoms with Crippen LogP contribution in [0.5, 0.6) is 0 Å². The van der Waals surface area contributed by atoms with Crippen molar-refractivity contribution in [2.45, 2.75) is 12.8 Å². The number of hydrogen-bond donors (Lipinski definition) is 3. The van der Waals surface area contributed by atoms with Crippen LogP contribution >= 0.6 is 0 Å².